The van der Waals surface area contributed by atoms with Crippen LogP contribution in [0.5, 0.6) is 0 Å². The Balaban J connectivity index is 1.44. The maximum absolute atomic E-state index is 12.5. The molecule has 0 aromatic heterocycles. The second-order valence-corrected chi connectivity index (χ2v) is 12.7. The predicted octanol–water partition coefficient (Wildman–Crippen LogP) is 4.63. The average molecular weight is 631 g/mol. The van der Waals surface area contributed by atoms with Gasteiger partial charge in [0.15, 0.2) is 0 Å². The van der Waals surface area contributed by atoms with Gasteiger partial charge in [-0.3, -0.25) is 0 Å². The molecule has 1 amide bonds. The third-order valence-corrected chi connectivity index (χ3v) is 9.45. The molecule has 0 bridgehead atoms. The molecule has 42 heavy (non-hydrogen) atoms. The molecule has 0 aliphatic carbocycles. The first-order valence-corrected chi connectivity index (χ1v) is 16.1. The van der Waals surface area contributed by atoms with Gasteiger partial charge < -0.3 is 0 Å². The Morgan fingerprint density at radius 2 is 1.17 bits per heavy atom. The molecule has 1 aliphatic rings. The standard InChI is InChI=1S/C35H37NO5Se/c1-26(37)36-32-34(40-24-29-18-10-4-11-19-29)33(39-23-28-16-8-3-9-17-28)31(25-38-22-27-14-6-2-7-15-27)41-35(32)42-30-20-12-5-13-21-30/h2-21,31-35H,22-25H2,1H3,(H,36,37)/t31-,32+,33-,34-,35-/m1/s1. The zero-order valence-corrected chi connectivity index (χ0v) is 25.4. The molecule has 6 nitrogen and oxygen atoms in total. The van der Waals surface area contributed by atoms with Crippen LogP contribution >= 0.6 is 0 Å². The minimum absolute atomic E-state index is 0.106. The number of nitrogens with one attached hydrogen (secondary N) is 1. The number of carbonyl (C=O) groups excluding carboxylic acids is 1. The predicted molar refractivity (Wildman–Crippen MR) is 164 cm³/mol. The van der Waals surface area contributed by atoms with Crippen molar-refractivity contribution in [2.75, 3.05) is 6.61 Å². The molecule has 1 N–H and O–H groups in total. The number of hydrogen-bond acceptors (Lipinski definition) is 5. The topological polar surface area (TPSA) is 66.0 Å². The summed E-state index contributed by atoms with van der Waals surface area (Å²) in [5.41, 5.74) is 3.19. The van der Waals surface area contributed by atoms with E-state index in [-0.39, 0.29) is 25.9 Å². The van der Waals surface area contributed by atoms with E-state index in [4.69, 9.17) is 18.9 Å². The Morgan fingerprint density at radius 1 is 0.690 bits per heavy atom. The Morgan fingerprint density at radius 3 is 1.69 bits per heavy atom. The zero-order chi connectivity index (χ0) is 29.0. The van der Waals surface area contributed by atoms with Gasteiger partial charge in [-0.2, -0.15) is 0 Å². The van der Waals surface area contributed by atoms with Crippen molar-refractivity contribution in [2.24, 2.45) is 0 Å². The second kappa shape index (κ2) is 15.8. The SMILES string of the molecule is CC(=O)N[C@H]1[C@@H](OCc2ccccc2)[C@H](OCc2ccccc2)[C@@H](COCc2ccccc2)O[C@@H]1[Se]c1ccccc1. The Bertz CT molecular complexity index is 1340. The van der Waals surface area contributed by atoms with Crippen molar-refractivity contribution in [1.29, 1.82) is 0 Å². The molecule has 1 fully saturated rings. The maximum atomic E-state index is 12.5. The summed E-state index contributed by atoms with van der Waals surface area (Å²) >= 11 is -0.106. The molecule has 1 saturated heterocycles. The van der Waals surface area contributed by atoms with Gasteiger partial charge in [-0.25, -0.2) is 0 Å². The fraction of sp³-hybridized carbons (Fsp3) is 0.286. The molecule has 0 radical (unpaired) electrons. The van der Waals surface area contributed by atoms with Crippen molar-refractivity contribution in [3.8, 4) is 0 Å². The van der Waals surface area contributed by atoms with Gasteiger partial charge in [-0.1, -0.05) is 0 Å². The summed E-state index contributed by atoms with van der Waals surface area (Å²) in [7, 11) is 0. The molecule has 5 rings (SSSR count). The first kappa shape index (κ1) is 30.2. The molecule has 218 valence electrons. The van der Waals surface area contributed by atoms with Crippen molar-refractivity contribution in [1.82, 2.24) is 5.32 Å². The fourth-order valence-corrected chi connectivity index (χ4v) is 7.37. The number of carbonyl (C=O) groups is 1. The van der Waals surface area contributed by atoms with Crippen LogP contribution in [0.1, 0.15) is 23.6 Å². The van der Waals surface area contributed by atoms with Crippen LogP contribution in [-0.2, 0) is 43.6 Å². The van der Waals surface area contributed by atoms with Crippen molar-refractivity contribution >= 4 is 25.3 Å². The van der Waals surface area contributed by atoms with E-state index in [1.54, 1.807) is 0 Å². The normalized spacial score (nSPS) is 22.0. The number of hydrogen-bond donors (Lipinski definition) is 1. The summed E-state index contributed by atoms with van der Waals surface area (Å²) < 4.78 is 27.5. The van der Waals surface area contributed by atoms with Crippen molar-refractivity contribution in [3.63, 3.8) is 0 Å². The van der Waals surface area contributed by atoms with Gasteiger partial charge in [0.05, 0.1) is 0 Å². The van der Waals surface area contributed by atoms with E-state index >= 15 is 0 Å². The van der Waals surface area contributed by atoms with Crippen LogP contribution in [0.3, 0.4) is 0 Å². The van der Waals surface area contributed by atoms with E-state index in [1.807, 2.05) is 109 Å². The summed E-state index contributed by atoms with van der Waals surface area (Å²) in [4.78, 5) is 12.5. The van der Waals surface area contributed by atoms with Gasteiger partial charge >= 0.3 is 255 Å². The number of ether oxygens (including phenoxy) is 4. The molecule has 0 spiro atoms. The van der Waals surface area contributed by atoms with Crippen LogP contribution in [0.25, 0.3) is 0 Å². The molecule has 0 saturated carbocycles. The zero-order valence-electron chi connectivity index (χ0n) is 23.7. The van der Waals surface area contributed by atoms with Gasteiger partial charge in [-0.05, 0) is 0 Å². The summed E-state index contributed by atoms with van der Waals surface area (Å²) in [6, 6.07) is 40.1. The van der Waals surface area contributed by atoms with Crippen LogP contribution < -0.4 is 9.78 Å². The first-order chi connectivity index (χ1) is 20.7. The van der Waals surface area contributed by atoms with Crippen LogP contribution in [0.15, 0.2) is 121 Å². The van der Waals surface area contributed by atoms with E-state index < -0.39 is 24.4 Å². The van der Waals surface area contributed by atoms with Crippen molar-refractivity contribution in [3.05, 3.63) is 138 Å². The summed E-state index contributed by atoms with van der Waals surface area (Å²) in [5, 5.41) is 2.89. The van der Waals surface area contributed by atoms with E-state index in [9.17, 15) is 4.79 Å². The van der Waals surface area contributed by atoms with Crippen LogP contribution in [0, 0.1) is 0 Å². The van der Waals surface area contributed by atoms with E-state index in [0.29, 0.717) is 26.4 Å². The quantitative estimate of drug-likeness (QED) is 0.218. The van der Waals surface area contributed by atoms with Gasteiger partial charge in [0, 0.05) is 0 Å². The number of rotatable bonds is 13. The molecule has 4 aromatic rings. The molecule has 1 aliphatic heterocycles. The van der Waals surface area contributed by atoms with Crippen molar-refractivity contribution < 1.29 is 23.7 Å². The van der Waals surface area contributed by atoms with Crippen LogP contribution in [-0.4, -0.2) is 56.8 Å². The van der Waals surface area contributed by atoms with Crippen LogP contribution in [0.4, 0.5) is 0 Å². The molecule has 5 atom stereocenters. The fourth-order valence-electron chi connectivity index (χ4n) is 4.96. The van der Waals surface area contributed by atoms with E-state index in [2.05, 4.69) is 17.4 Å². The van der Waals surface area contributed by atoms with Gasteiger partial charge in [0.1, 0.15) is 0 Å². The molecular formula is C35H37NO5Se. The first-order valence-electron chi connectivity index (χ1n) is 14.2. The van der Waals surface area contributed by atoms with E-state index in [1.165, 1.54) is 11.4 Å². The summed E-state index contributed by atoms with van der Waals surface area (Å²) in [5.74, 6) is -0.133. The molecule has 7 heteroatoms. The second-order valence-electron chi connectivity index (χ2n) is 10.2. The number of benzene rings is 4. The van der Waals surface area contributed by atoms with E-state index in [0.717, 1.165) is 16.7 Å². The Kier molecular flexibility index (Phi) is 11.4. The molecule has 1 heterocycles. The summed E-state index contributed by atoms with van der Waals surface area (Å²) in [6.07, 6.45) is -1.35. The van der Waals surface area contributed by atoms with Gasteiger partial charge in [0.25, 0.3) is 0 Å². The third kappa shape index (κ3) is 8.85. The third-order valence-electron chi connectivity index (χ3n) is 6.98. The van der Waals surface area contributed by atoms with Crippen molar-refractivity contribution in [2.45, 2.75) is 56.1 Å². The molecule has 4 aromatic carbocycles. The Labute approximate surface area is 254 Å². The van der Waals surface area contributed by atoms with Gasteiger partial charge in [0.2, 0.25) is 0 Å². The monoisotopic (exact) mass is 631 g/mol. The molecule has 0 unspecified atom stereocenters. The van der Waals surface area contributed by atoms with Crippen LogP contribution in [0.2, 0.25) is 0 Å². The minimum atomic E-state index is -0.482. The molecular weight excluding hydrogens is 593 g/mol. The average Bonchev–Trinajstić information content (AvgIpc) is 3.02. The summed E-state index contributed by atoms with van der Waals surface area (Å²) in [6.45, 7) is 3.10. The number of amides is 1. The van der Waals surface area contributed by atoms with Gasteiger partial charge in [-0.15, -0.1) is 0 Å². The Hall–Kier alpha value is -3.29.